The summed E-state index contributed by atoms with van der Waals surface area (Å²) in [6, 6.07) is 0. The van der Waals surface area contributed by atoms with Crippen molar-refractivity contribution < 1.29 is 54.5 Å². The van der Waals surface area contributed by atoms with Gasteiger partial charge in [0.2, 0.25) is 5.91 Å². The van der Waals surface area contributed by atoms with Gasteiger partial charge >= 0.3 is 30.0 Å². The van der Waals surface area contributed by atoms with Crippen molar-refractivity contribution in [3.63, 3.8) is 0 Å². The van der Waals surface area contributed by atoms with E-state index in [-0.39, 0.29) is 0 Å². The van der Waals surface area contributed by atoms with Gasteiger partial charge in [0.05, 0.1) is 10.8 Å². The Morgan fingerprint density at radius 3 is 1.35 bits per heavy atom. The van der Waals surface area contributed by atoms with Crippen LogP contribution in [0.3, 0.4) is 0 Å². The summed E-state index contributed by atoms with van der Waals surface area (Å²) in [7, 11) is 0. The Labute approximate surface area is 189 Å². The molecule has 194 valence electrons. The van der Waals surface area contributed by atoms with E-state index in [1.54, 1.807) is 0 Å². The van der Waals surface area contributed by atoms with Crippen molar-refractivity contribution >= 4 is 12.0 Å². The second kappa shape index (κ2) is 10.6. The van der Waals surface area contributed by atoms with Gasteiger partial charge in [0.1, 0.15) is 0 Å². The van der Waals surface area contributed by atoms with E-state index in [2.05, 4.69) is 41.8 Å². The number of halogens is 8. The first kappa shape index (κ1) is 31.1. The van der Waals surface area contributed by atoms with E-state index in [1.807, 2.05) is 0 Å². The highest BCUT2D eigenvalue weighted by Crippen LogP contribution is 2.66. The molecule has 6 nitrogen and oxygen atoms in total. The highest BCUT2D eigenvalue weighted by molar-refractivity contribution is 5.83. The van der Waals surface area contributed by atoms with E-state index < -0.39 is 72.4 Å². The normalized spacial score (nSPS) is 13.6. The molecule has 0 aromatic heterocycles. The van der Waals surface area contributed by atoms with Gasteiger partial charge in [-0.05, 0) is 25.7 Å². The van der Waals surface area contributed by atoms with Crippen molar-refractivity contribution in [2.75, 3.05) is 0 Å². The predicted molar refractivity (Wildman–Crippen MR) is 105 cm³/mol. The minimum Gasteiger partial charge on any atom is -0.369 e. The number of alkyl halides is 8. The van der Waals surface area contributed by atoms with E-state index in [4.69, 9.17) is 5.73 Å². The third kappa shape index (κ3) is 4.68. The lowest BCUT2D eigenvalue weighted by molar-refractivity contribution is -0.501. The van der Waals surface area contributed by atoms with Crippen LogP contribution in [0.4, 0.5) is 39.9 Å². The molecule has 34 heavy (non-hydrogen) atoms. The molecule has 14 heteroatoms. The van der Waals surface area contributed by atoms with Crippen LogP contribution in [-0.2, 0) is 14.6 Å². The minimum atomic E-state index is -7.03. The lowest BCUT2D eigenvalue weighted by Gasteiger charge is -2.54. The molecule has 0 spiro atoms. The summed E-state index contributed by atoms with van der Waals surface area (Å²) in [4.78, 5) is 28.4. The van der Waals surface area contributed by atoms with Crippen molar-refractivity contribution in [1.29, 1.82) is 0 Å². The SMILES string of the molecule is C=CCC(CC=C)(C(N)=O)C(CC=C)(CC=C)C(F)(F)C(F)(F)C(F)(F)C(F)(F)OOC(N)=O. The Morgan fingerprint density at radius 2 is 1.06 bits per heavy atom. The molecule has 0 rings (SSSR count). The molecule has 0 saturated heterocycles. The number of carbonyl (C=O) groups excluding carboxylic acids is 2. The maximum atomic E-state index is 15.7. The molecular weight excluding hydrogens is 484 g/mol. The first-order chi connectivity index (χ1) is 15.4. The van der Waals surface area contributed by atoms with Crippen molar-refractivity contribution in [1.82, 2.24) is 0 Å². The summed E-state index contributed by atoms with van der Waals surface area (Å²) in [6.45, 7) is 12.7. The molecule has 0 aromatic carbocycles. The molecule has 0 saturated carbocycles. The average Bonchev–Trinajstić information content (AvgIpc) is 2.71. The van der Waals surface area contributed by atoms with Crippen LogP contribution in [0.1, 0.15) is 25.7 Å². The Kier molecular flexibility index (Phi) is 9.67. The van der Waals surface area contributed by atoms with Crippen LogP contribution in [0.2, 0.25) is 0 Å². The topological polar surface area (TPSA) is 105 Å². The zero-order valence-electron chi connectivity index (χ0n) is 17.8. The largest absolute Gasteiger partial charge is 0.461 e. The van der Waals surface area contributed by atoms with Gasteiger partial charge in [-0.15, -0.1) is 26.3 Å². The number of primary amides is 2. The number of nitrogens with two attached hydrogens (primary N) is 2. The number of hydrogen-bond acceptors (Lipinski definition) is 4. The average molecular weight is 508 g/mol. The van der Waals surface area contributed by atoms with Crippen LogP contribution < -0.4 is 11.5 Å². The van der Waals surface area contributed by atoms with Crippen molar-refractivity contribution in [2.45, 2.75) is 49.6 Å². The molecule has 0 aliphatic carbocycles. The van der Waals surface area contributed by atoms with Gasteiger partial charge in [-0.1, -0.05) is 29.2 Å². The van der Waals surface area contributed by atoms with E-state index in [1.165, 1.54) is 0 Å². The smallest absolute Gasteiger partial charge is 0.369 e. The molecule has 0 unspecified atom stereocenters. The standard InChI is InChI=1S/C20H24F8N2O4/c1-5-9-15(10-6-2,13(29)31)16(11-7-3,12-8-4)17(21,22)18(23,24)19(25,26)20(27,28)34-33-14(30)32/h5-8H,1-4,9-12H2,(H2,29,31)(H2,30,32). The van der Waals surface area contributed by atoms with E-state index in [9.17, 15) is 35.9 Å². The van der Waals surface area contributed by atoms with Crippen molar-refractivity contribution in [3.05, 3.63) is 50.6 Å². The fourth-order valence-electron chi connectivity index (χ4n) is 3.75. The Hall–Kier alpha value is -2.90. The van der Waals surface area contributed by atoms with Gasteiger partial charge in [-0.3, -0.25) is 9.68 Å². The molecule has 0 aliphatic heterocycles. The fourth-order valence-corrected chi connectivity index (χ4v) is 3.75. The lowest BCUT2D eigenvalue weighted by atomic mass is 9.52. The summed E-state index contributed by atoms with van der Waals surface area (Å²) < 4.78 is 118. The number of rotatable bonds is 16. The van der Waals surface area contributed by atoms with Crippen LogP contribution in [0.25, 0.3) is 0 Å². The predicted octanol–water partition coefficient (Wildman–Crippen LogP) is 5.27. The molecule has 0 heterocycles. The molecule has 0 aromatic rings. The summed E-state index contributed by atoms with van der Waals surface area (Å²) in [6.07, 6.45) is -10.2. The molecule has 0 aliphatic rings. The van der Waals surface area contributed by atoms with Gasteiger partial charge in [0, 0.05) is 0 Å². The van der Waals surface area contributed by atoms with Crippen LogP contribution in [0, 0.1) is 10.8 Å². The lowest BCUT2D eigenvalue weighted by Crippen LogP contribution is -2.71. The molecule has 0 atom stereocenters. The van der Waals surface area contributed by atoms with Crippen molar-refractivity contribution in [2.24, 2.45) is 22.3 Å². The Morgan fingerprint density at radius 1 is 0.676 bits per heavy atom. The molecule has 0 fully saturated rings. The number of hydrogen-bond donors (Lipinski definition) is 2. The Bertz CT molecular complexity index is 794. The monoisotopic (exact) mass is 508 g/mol. The molecule has 4 N–H and O–H groups in total. The third-order valence-corrected chi connectivity index (χ3v) is 5.34. The number of amides is 2. The second-order valence-electron chi connectivity index (χ2n) is 7.23. The van der Waals surface area contributed by atoms with Crippen LogP contribution in [0.15, 0.2) is 50.6 Å². The maximum Gasteiger partial charge on any atom is 0.461 e. The van der Waals surface area contributed by atoms with Crippen LogP contribution in [-0.4, -0.2) is 35.9 Å². The highest BCUT2D eigenvalue weighted by atomic mass is 19.4. The third-order valence-electron chi connectivity index (χ3n) is 5.34. The molecule has 2 amide bonds. The van der Waals surface area contributed by atoms with Gasteiger partial charge < -0.3 is 11.5 Å². The van der Waals surface area contributed by atoms with Crippen LogP contribution in [0.5, 0.6) is 0 Å². The zero-order chi connectivity index (χ0) is 27.2. The quantitative estimate of drug-likeness (QED) is 0.128. The number of allylic oxidation sites excluding steroid dienone is 4. The Balaban J connectivity index is 7.44. The van der Waals surface area contributed by atoms with E-state index in [0.29, 0.717) is 12.2 Å². The van der Waals surface area contributed by atoms with Crippen LogP contribution >= 0.6 is 0 Å². The fraction of sp³-hybridized carbons (Fsp3) is 0.500. The summed E-state index contributed by atoms with van der Waals surface area (Å²) >= 11 is 0. The molecular formula is C20H24F8N2O4. The number of carbonyl (C=O) groups is 2. The van der Waals surface area contributed by atoms with Crippen molar-refractivity contribution in [3.8, 4) is 0 Å². The first-order valence-corrected chi connectivity index (χ1v) is 9.25. The highest BCUT2D eigenvalue weighted by Gasteiger charge is 2.87. The summed E-state index contributed by atoms with van der Waals surface area (Å²) in [5.74, 6) is -21.8. The molecule has 0 bridgehead atoms. The summed E-state index contributed by atoms with van der Waals surface area (Å²) in [5.41, 5.74) is 3.13. The second-order valence-corrected chi connectivity index (χ2v) is 7.23. The van der Waals surface area contributed by atoms with Gasteiger partial charge in [-0.25, -0.2) is 4.79 Å². The van der Waals surface area contributed by atoms with Gasteiger partial charge in [0.15, 0.2) is 0 Å². The molecule has 0 radical (unpaired) electrons. The minimum absolute atomic E-state index is 0.598. The van der Waals surface area contributed by atoms with Gasteiger partial charge in [0.25, 0.3) is 0 Å². The first-order valence-electron chi connectivity index (χ1n) is 9.25. The summed E-state index contributed by atoms with van der Waals surface area (Å²) in [5, 5.41) is 0. The van der Waals surface area contributed by atoms with E-state index >= 15 is 8.78 Å². The van der Waals surface area contributed by atoms with Gasteiger partial charge in [-0.2, -0.15) is 35.1 Å². The maximum absolute atomic E-state index is 15.7. The zero-order valence-corrected chi connectivity index (χ0v) is 17.8. The van der Waals surface area contributed by atoms with E-state index in [0.717, 1.165) is 12.2 Å².